The van der Waals surface area contributed by atoms with E-state index in [0.29, 0.717) is 17.4 Å². The van der Waals surface area contributed by atoms with Crippen molar-refractivity contribution in [3.8, 4) is 0 Å². The first-order chi connectivity index (χ1) is 33.0. The molecule has 0 saturated heterocycles. The summed E-state index contributed by atoms with van der Waals surface area (Å²) in [6.45, 7) is 4.18. The Morgan fingerprint density at radius 3 is 1.18 bits per heavy atom. The van der Waals surface area contributed by atoms with Crippen LogP contribution in [0.25, 0.3) is 0 Å². The summed E-state index contributed by atoms with van der Waals surface area (Å²) in [6, 6.07) is 0. The minimum Gasteiger partial charge on any atom is -0.462 e. The van der Waals surface area contributed by atoms with Gasteiger partial charge >= 0.3 is 19.8 Å². The average Bonchev–Trinajstić information content (AvgIpc) is 3.30. The fraction of sp³-hybridized carbons (Fsp3) is 0.690. The number of carbonyl (C=O) groups excluding carboxylic acids is 2. The molecule has 68 heavy (non-hydrogen) atoms. The third-order valence-electron chi connectivity index (χ3n) is 11.1. The summed E-state index contributed by atoms with van der Waals surface area (Å²) in [5, 5.41) is 0. The van der Waals surface area contributed by atoms with Gasteiger partial charge in [0.1, 0.15) is 19.8 Å². The van der Waals surface area contributed by atoms with Gasteiger partial charge in [-0.25, -0.2) is 4.57 Å². The van der Waals surface area contributed by atoms with Crippen molar-refractivity contribution < 1.29 is 42.1 Å². The molecule has 0 fully saturated rings. The zero-order valence-corrected chi connectivity index (χ0v) is 45.0. The van der Waals surface area contributed by atoms with Crippen LogP contribution >= 0.6 is 7.82 Å². The Balaban J connectivity index is 4.24. The van der Waals surface area contributed by atoms with Crippen LogP contribution in [0.15, 0.2) is 97.2 Å². The largest absolute Gasteiger partial charge is 0.472 e. The minimum atomic E-state index is -4.39. The zero-order chi connectivity index (χ0) is 49.9. The number of allylic oxidation sites excluding steroid dienone is 16. The standard InChI is InChI=1S/C58H100NO8P/c1-6-8-10-12-14-16-18-20-22-24-26-27-28-29-30-31-33-35-37-39-41-43-45-47-49-51-58(61)67-56(55-66-68(62,63)65-53-52-59(3,4)5)54-64-57(60)50-48-46-44-42-40-38-36-34-32-25-23-21-19-17-15-13-11-9-7-2/h8-11,14-17,20-23,26-27,32,34,56H,6-7,12-13,18-19,24-25,28-31,33,35-55H2,1-5H3/p+1/b10-8-,11-9-,16-14-,17-15-,22-20-,23-21-,27-26-,34-32-. The Hall–Kier alpha value is -3.07. The van der Waals surface area contributed by atoms with E-state index in [-0.39, 0.29) is 32.0 Å². The van der Waals surface area contributed by atoms with Crippen molar-refractivity contribution >= 4 is 19.8 Å². The second kappa shape index (κ2) is 48.9. The third-order valence-corrected chi connectivity index (χ3v) is 12.1. The highest BCUT2D eigenvalue weighted by Gasteiger charge is 2.27. The lowest BCUT2D eigenvalue weighted by molar-refractivity contribution is -0.870. The fourth-order valence-corrected chi connectivity index (χ4v) is 7.74. The van der Waals surface area contributed by atoms with Gasteiger partial charge in [0.05, 0.1) is 27.7 Å². The smallest absolute Gasteiger partial charge is 0.462 e. The highest BCUT2D eigenvalue weighted by Crippen LogP contribution is 2.43. The maximum atomic E-state index is 12.8. The number of likely N-dealkylation sites (N-methyl/N-ethyl adjacent to an activating group) is 1. The number of phosphoric acid groups is 1. The predicted octanol–water partition coefficient (Wildman–Crippen LogP) is 16.5. The predicted molar refractivity (Wildman–Crippen MR) is 288 cm³/mol. The van der Waals surface area contributed by atoms with Crippen molar-refractivity contribution in [3.63, 3.8) is 0 Å². The molecule has 0 spiro atoms. The molecule has 0 aromatic heterocycles. The van der Waals surface area contributed by atoms with Crippen molar-refractivity contribution in [2.24, 2.45) is 0 Å². The first-order valence-electron chi connectivity index (χ1n) is 27.0. The van der Waals surface area contributed by atoms with Crippen molar-refractivity contribution in [1.82, 2.24) is 0 Å². The lowest BCUT2D eigenvalue weighted by Crippen LogP contribution is -2.37. The molecule has 0 aliphatic rings. The van der Waals surface area contributed by atoms with Gasteiger partial charge in [-0.1, -0.05) is 201 Å². The van der Waals surface area contributed by atoms with Gasteiger partial charge in [0, 0.05) is 12.8 Å². The monoisotopic (exact) mass is 971 g/mol. The molecule has 1 N–H and O–H groups in total. The van der Waals surface area contributed by atoms with E-state index >= 15 is 0 Å². The third kappa shape index (κ3) is 52.3. The number of rotatable bonds is 48. The molecular weight excluding hydrogens is 870 g/mol. The van der Waals surface area contributed by atoms with Gasteiger partial charge in [0.15, 0.2) is 6.10 Å². The molecule has 9 nitrogen and oxygen atoms in total. The topological polar surface area (TPSA) is 108 Å². The first-order valence-corrected chi connectivity index (χ1v) is 28.5. The molecule has 0 saturated carbocycles. The van der Waals surface area contributed by atoms with E-state index in [9.17, 15) is 19.0 Å². The molecule has 0 amide bonds. The zero-order valence-electron chi connectivity index (χ0n) is 44.1. The van der Waals surface area contributed by atoms with E-state index in [1.54, 1.807) is 0 Å². The summed E-state index contributed by atoms with van der Waals surface area (Å²) in [5.74, 6) is -0.820. The van der Waals surface area contributed by atoms with Gasteiger partial charge in [-0.3, -0.25) is 18.6 Å². The summed E-state index contributed by atoms with van der Waals surface area (Å²) >= 11 is 0. The van der Waals surface area contributed by atoms with E-state index in [2.05, 4.69) is 111 Å². The van der Waals surface area contributed by atoms with Crippen LogP contribution in [0.3, 0.4) is 0 Å². The second-order valence-corrected chi connectivity index (χ2v) is 20.3. The van der Waals surface area contributed by atoms with E-state index in [1.807, 2.05) is 21.1 Å². The molecular formula is C58H101NO8P+. The van der Waals surface area contributed by atoms with Gasteiger partial charge in [-0.2, -0.15) is 0 Å². The Labute approximate surface area is 417 Å². The molecule has 10 heteroatoms. The van der Waals surface area contributed by atoms with Crippen LogP contribution in [0, 0.1) is 0 Å². The Bertz CT molecular complexity index is 1470. The Kier molecular flexibility index (Phi) is 46.7. The number of hydrogen-bond donors (Lipinski definition) is 1. The quantitative estimate of drug-likeness (QED) is 0.0211. The van der Waals surface area contributed by atoms with E-state index in [4.69, 9.17) is 18.5 Å². The van der Waals surface area contributed by atoms with Gasteiger partial charge in [-0.15, -0.1) is 0 Å². The first kappa shape index (κ1) is 64.9. The van der Waals surface area contributed by atoms with Crippen LogP contribution in [-0.2, 0) is 32.7 Å². The number of nitrogens with zero attached hydrogens (tertiary/aromatic N) is 1. The van der Waals surface area contributed by atoms with Crippen LogP contribution in [0.4, 0.5) is 0 Å². The van der Waals surface area contributed by atoms with Gasteiger partial charge in [0.2, 0.25) is 0 Å². The van der Waals surface area contributed by atoms with Crippen molar-refractivity contribution in [2.75, 3.05) is 47.5 Å². The number of unbranched alkanes of at least 4 members (excludes halogenated alkanes) is 18. The molecule has 0 bridgehead atoms. The molecule has 0 aromatic carbocycles. The van der Waals surface area contributed by atoms with Gasteiger partial charge in [-0.05, 0) is 89.9 Å². The van der Waals surface area contributed by atoms with Crippen LogP contribution in [0.1, 0.15) is 206 Å². The van der Waals surface area contributed by atoms with E-state index in [1.165, 1.54) is 57.8 Å². The number of hydrogen-bond acceptors (Lipinski definition) is 7. The summed E-state index contributed by atoms with van der Waals surface area (Å²) in [7, 11) is 1.45. The summed E-state index contributed by atoms with van der Waals surface area (Å²) in [5.41, 5.74) is 0. The summed E-state index contributed by atoms with van der Waals surface area (Å²) in [6.07, 6.45) is 66.0. The summed E-state index contributed by atoms with van der Waals surface area (Å²) in [4.78, 5) is 35.6. The number of esters is 2. The van der Waals surface area contributed by atoms with Crippen LogP contribution in [-0.4, -0.2) is 74.9 Å². The number of quaternary nitrogens is 1. The highest BCUT2D eigenvalue weighted by atomic mass is 31.2. The lowest BCUT2D eigenvalue weighted by Gasteiger charge is -2.24. The maximum Gasteiger partial charge on any atom is 0.472 e. The average molecular weight is 971 g/mol. The Morgan fingerprint density at radius 2 is 0.794 bits per heavy atom. The van der Waals surface area contributed by atoms with Crippen molar-refractivity contribution in [1.29, 1.82) is 0 Å². The van der Waals surface area contributed by atoms with E-state index < -0.39 is 26.5 Å². The van der Waals surface area contributed by atoms with E-state index in [0.717, 1.165) is 116 Å². The fourth-order valence-electron chi connectivity index (χ4n) is 7.00. The molecule has 0 aliphatic carbocycles. The number of carbonyl (C=O) groups is 2. The van der Waals surface area contributed by atoms with Crippen LogP contribution < -0.4 is 0 Å². The van der Waals surface area contributed by atoms with Crippen LogP contribution in [0.5, 0.6) is 0 Å². The molecule has 0 aliphatic heterocycles. The lowest BCUT2D eigenvalue weighted by atomic mass is 10.0. The van der Waals surface area contributed by atoms with Crippen LogP contribution in [0.2, 0.25) is 0 Å². The molecule has 2 atom stereocenters. The number of ether oxygens (including phenoxy) is 2. The number of phosphoric ester groups is 1. The molecule has 0 radical (unpaired) electrons. The molecule has 0 heterocycles. The van der Waals surface area contributed by atoms with Gasteiger partial charge < -0.3 is 18.9 Å². The molecule has 2 unspecified atom stereocenters. The molecule has 0 rings (SSSR count). The van der Waals surface area contributed by atoms with Crippen molar-refractivity contribution in [2.45, 2.75) is 213 Å². The molecule has 390 valence electrons. The minimum absolute atomic E-state index is 0.0240. The second-order valence-electron chi connectivity index (χ2n) is 18.8. The summed E-state index contributed by atoms with van der Waals surface area (Å²) < 4.78 is 34.5. The Morgan fingerprint density at radius 1 is 0.456 bits per heavy atom. The normalized spacial score (nSPS) is 14.1. The van der Waals surface area contributed by atoms with Crippen molar-refractivity contribution in [3.05, 3.63) is 97.2 Å². The highest BCUT2D eigenvalue weighted by molar-refractivity contribution is 7.47. The molecule has 0 aromatic rings. The SMILES string of the molecule is CC/C=C\C/C=C\C/C=C\C/C=C\CCCCCCCCCCCCCCC(=O)OC(COC(=O)CCCCCCCC/C=C\C/C=C\C/C=C\C/C=C\CC)COP(=O)(O)OCC[N+](C)(C)C. The van der Waals surface area contributed by atoms with Gasteiger partial charge in [0.25, 0.3) is 0 Å². The maximum absolute atomic E-state index is 12.8.